The van der Waals surface area contributed by atoms with Gasteiger partial charge < -0.3 is 11.1 Å². The van der Waals surface area contributed by atoms with Crippen LogP contribution >= 0.6 is 22.7 Å². The van der Waals surface area contributed by atoms with E-state index >= 15 is 0 Å². The Hall–Kier alpha value is -2.09. The molecule has 0 saturated carbocycles. The second kappa shape index (κ2) is 7.86. The standard InChI is InChI=1S/C18H20N4OS2/c1-11(20-17(23)14-10-24-15(22-14)8-9-19)16-12(2)21-18(25-16)13-6-4-3-5-7-13/h3-7,10-11H,8-9,19H2,1-2H3,(H,20,23). The van der Waals surface area contributed by atoms with E-state index in [2.05, 4.69) is 15.3 Å². The summed E-state index contributed by atoms with van der Waals surface area (Å²) in [5, 5.41) is 6.65. The van der Waals surface area contributed by atoms with Gasteiger partial charge in [0.25, 0.3) is 5.91 Å². The maximum atomic E-state index is 12.4. The van der Waals surface area contributed by atoms with E-state index in [9.17, 15) is 4.79 Å². The lowest BCUT2D eigenvalue weighted by atomic mass is 10.2. The van der Waals surface area contributed by atoms with Crippen molar-refractivity contribution in [1.29, 1.82) is 0 Å². The number of aryl methyl sites for hydroxylation is 1. The number of amides is 1. The fourth-order valence-electron chi connectivity index (χ4n) is 2.50. The van der Waals surface area contributed by atoms with E-state index in [0.29, 0.717) is 18.7 Å². The number of nitrogens with one attached hydrogen (secondary N) is 1. The SMILES string of the molecule is Cc1nc(-c2ccccc2)sc1C(C)NC(=O)c1csc(CCN)n1. The first kappa shape index (κ1) is 17.7. The lowest BCUT2D eigenvalue weighted by molar-refractivity contribution is 0.0936. The molecule has 0 radical (unpaired) electrons. The molecule has 1 aromatic carbocycles. The lowest BCUT2D eigenvalue weighted by Crippen LogP contribution is -2.26. The summed E-state index contributed by atoms with van der Waals surface area (Å²) in [6, 6.07) is 9.94. The van der Waals surface area contributed by atoms with Gasteiger partial charge in [0.1, 0.15) is 10.7 Å². The van der Waals surface area contributed by atoms with Gasteiger partial charge in [0.15, 0.2) is 0 Å². The number of thiazole rings is 2. The third-order valence-electron chi connectivity index (χ3n) is 3.74. The molecule has 0 aliphatic heterocycles. The van der Waals surface area contributed by atoms with Crippen molar-refractivity contribution in [2.75, 3.05) is 6.54 Å². The number of nitrogens with zero attached hydrogens (tertiary/aromatic N) is 2. The molecular weight excluding hydrogens is 352 g/mol. The molecule has 0 fully saturated rings. The Morgan fingerprint density at radius 2 is 2.04 bits per heavy atom. The first-order valence-electron chi connectivity index (χ1n) is 8.06. The number of carbonyl (C=O) groups excluding carboxylic acids is 1. The summed E-state index contributed by atoms with van der Waals surface area (Å²) in [7, 11) is 0. The zero-order chi connectivity index (χ0) is 17.8. The molecule has 0 spiro atoms. The van der Waals surface area contributed by atoms with Gasteiger partial charge in [-0.1, -0.05) is 30.3 Å². The third-order valence-corrected chi connectivity index (χ3v) is 6.03. The quantitative estimate of drug-likeness (QED) is 0.693. The van der Waals surface area contributed by atoms with Crippen LogP contribution in [-0.4, -0.2) is 22.4 Å². The maximum absolute atomic E-state index is 12.4. The molecule has 2 aromatic heterocycles. The van der Waals surface area contributed by atoms with Crippen molar-refractivity contribution in [2.45, 2.75) is 26.3 Å². The van der Waals surface area contributed by atoms with Crippen molar-refractivity contribution < 1.29 is 4.79 Å². The molecule has 0 saturated heterocycles. The zero-order valence-electron chi connectivity index (χ0n) is 14.2. The van der Waals surface area contributed by atoms with Crippen molar-refractivity contribution in [3.05, 3.63) is 57.0 Å². The Labute approximate surface area is 155 Å². The molecule has 5 nitrogen and oxygen atoms in total. The van der Waals surface area contributed by atoms with Gasteiger partial charge in [-0.3, -0.25) is 4.79 Å². The van der Waals surface area contributed by atoms with Crippen molar-refractivity contribution in [3.63, 3.8) is 0 Å². The van der Waals surface area contributed by atoms with Gasteiger partial charge >= 0.3 is 0 Å². The van der Waals surface area contributed by atoms with E-state index < -0.39 is 0 Å². The Morgan fingerprint density at radius 1 is 1.28 bits per heavy atom. The van der Waals surface area contributed by atoms with Crippen LogP contribution in [0.15, 0.2) is 35.7 Å². The Kier molecular flexibility index (Phi) is 5.57. The lowest BCUT2D eigenvalue weighted by Gasteiger charge is -2.11. The fraction of sp³-hybridized carbons (Fsp3) is 0.278. The molecule has 0 bridgehead atoms. The van der Waals surface area contributed by atoms with Crippen molar-refractivity contribution in [3.8, 4) is 10.6 Å². The molecule has 2 heterocycles. The van der Waals surface area contributed by atoms with Gasteiger partial charge in [0.2, 0.25) is 0 Å². The molecule has 0 aliphatic rings. The predicted molar refractivity (Wildman–Crippen MR) is 103 cm³/mol. The van der Waals surface area contributed by atoms with Crippen LogP contribution in [0.4, 0.5) is 0 Å². The predicted octanol–water partition coefficient (Wildman–Crippen LogP) is 3.57. The summed E-state index contributed by atoms with van der Waals surface area (Å²) in [6.07, 6.45) is 0.696. The summed E-state index contributed by atoms with van der Waals surface area (Å²) in [5.41, 5.74) is 8.01. The zero-order valence-corrected chi connectivity index (χ0v) is 15.8. The molecule has 130 valence electrons. The summed E-state index contributed by atoms with van der Waals surface area (Å²) < 4.78 is 0. The minimum atomic E-state index is -0.166. The van der Waals surface area contributed by atoms with E-state index in [0.717, 1.165) is 26.1 Å². The number of hydrogen-bond donors (Lipinski definition) is 2. The molecule has 0 aliphatic carbocycles. The van der Waals surface area contributed by atoms with Crippen LogP contribution in [0.1, 0.15) is 39.0 Å². The van der Waals surface area contributed by atoms with Crippen LogP contribution in [-0.2, 0) is 6.42 Å². The minimum Gasteiger partial charge on any atom is -0.343 e. The molecule has 25 heavy (non-hydrogen) atoms. The molecule has 1 unspecified atom stereocenters. The van der Waals surface area contributed by atoms with Crippen molar-refractivity contribution >= 4 is 28.6 Å². The van der Waals surface area contributed by atoms with E-state index in [-0.39, 0.29) is 11.9 Å². The molecule has 7 heteroatoms. The van der Waals surface area contributed by atoms with Crippen LogP contribution in [0, 0.1) is 6.92 Å². The van der Waals surface area contributed by atoms with E-state index in [4.69, 9.17) is 5.73 Å². The molecule has 1 amide bonds. The van der Waals surface area contributed by atoms with Crippen LogP contribution in [0.2, 0.25) is 0 Å². The highest BCUT2D eigenvalue weighted by Crippen LogP contribution is 2.31. The minimum absolute atomic E-state index is 0.123. The first-order chi connectivity index (χ1) is 12.1. The summed E-state index contributed by atoms with van der Waals surface area (Å²) >= 11 is 3.08. The van der Waals surface area contributed by atoms with E-state index in [1.807, 2.05) is 44.2 Å². The molecule has 3 N–H and O–H groups in total. The van der Waals surface area contributed by atoms with Gasteiger partial charge in [0, 0.05) is 17.4 Å². The molecule has 3 aromatic rings. The summed E-state index contributed by atoms with van der Waals surface area (Å²) in [5.74, 6) is -0.166. The highest BCUT2D eigenvalue weighted by atomic mass is 32.1. The monoisotopic (exact) mass is 372 g/mol. The van der Waals surface area contributed by atoms with E-state index in [1.165, 1.54) is 11.3 Å². The normalized spacial score (nSPS) is 12.1. The summed E-state index contributed by atoms with van der Waals surface area (Å²) in [4.78, 5) is 22.5. The maximum Gasteiger partial charge on any atom is 0.271 e. The average Bonchev–Trinajstić information content (AvgIpc) is 3.23. The Balaban J connectivity index is 1.73. The summed E-state index contributed by atoms with van der Waals surface area (Å²) in [6.45, 7) is 4.48. The van der Waals surface area contributed by atoms with Gasteiger partial charge in [-0.05, 0) is 20.4 Å². The second-order valence-corrected chi connectivity index (χ2v) is 7.67. The molecule has 3 rings (SSSR count). The highest BCUT2D eigenvalue weighted by Gasteiger charge is 2.19. The number of benzene rings is 1. The van der Waals surface area contributed by atoms with Crippen molar-refractivity contribution in [1.82, 2.24) is 15.3 Å². The average molecular weight is 373 g/mol. The third kappa shape index (κ3) is 4.12. The van der Waals surface area contributed by atoms with Crippen LogP contribution in [0.5, 0.6) is 0 Å². The van der Waals surface area contributed by atoms with Crippen molar-refractivity contribution in [2.24, 2.45) is 5.73 Å². The van der Waals surface area contributed by atoms with Gasteiger partial charge in [-0.2, -0.15) is 0 Å². The fourth-order valence-corrected chi connectivity index (χ4v) is 4.37. The largest absolute Gasteiger partial charge is 0.343 e. The number of nitrogens with two attached hydrogens (primary N) is 1. The molecular formula is C18H20N4OS2. The van der Waals surface area contributed by atoms with Crippen LogP contribution < -0.4 is 11.1 Å². The number of aromatic nitrogens is 2. The first-order valence-corrected chi connectivity index (χ1v) is 9.76. The molecule has 1 atom stereocenters. The van der Waals surface area contributed by atoms with E-state index in [1.54, 1.807) is 16.7 Å². The number of carbonyl (C=O) groups is 1. The second-order valence-electron chi connectivity index (χ2n) is 5.70. The van der Waals surface area contributed by atoms with Gasteiger partial charge in [-0.25, -0.2) is 9.97 Å². The van der Waals surface area contributed by atoms with Crippen LogP contribution in [0.3, 0.4) is 0 Å². The number of rotatable bonds is 6. The Bertz CT molecular complexity index is 857. The smallest absolute Gasteiger partial charge is 0.271 e. The van der Waals surface area contributed by atoms with Gasteiger partial charge in [0.05, 0.1) is 21.6 Å². The van der Waals surface area contributed by atoms with Crippen LogP contribution in [0.25, 0.3) is 10.6 Å². The van der Waals surface area contributed by atoms with Gasteiger partial charge in [-0.15, -0.1) is 22.7 Å². The topological polar surface area (TPSA) is 80.9 Å². The highest BCUT2D eigenvalue weighted by molar-refractivity contribution is 7.15. The number of hydrogen-bond acceptors (Lipinski definition) is 6. The Morgan fingerprint density at radius 3 is 2.76 bits per heavy atom.